The minimum Gasteiger partial charge on any atom is -0.443 e. The second-order valence-electron chi connectivity index (χ2n) is 6.91. The molecule has 0 saturated carbocycles. The fourth-order valence-corrected chi connectivity index (χ4v) is 1.63. The fraction of sp³-hybridized carbons (Fsp3) is 0.500. The van der Waals surface area contributed by atoms with Crippen LogP contribution >= 0.6 is 11.6 Å². The first-order valence-electron chi connectivity index (χ1n) is 7.16. The van der Waals surface area contributed by atoms with Crippen LogP contribution in [-0.4, -0.2) is 23.4 Å². The van der Waals surface area contributed by atoms with Crippen molar-refractivity contribution in [1.29, 1.82) is 0 Å². The van der Waals surface area contributed by atoms with E-state index in [0.29, 0.717) is 10.7 Å². The van der Waals surface area contributed by atoms with Crippen LogP contribution in [0.25, 0.3) is 0 Å². The first-order chi connectivity index (χ1) is 10.4. The molecule has 0 bridgehead atoms. The van der Waals surface area contributed by atoms with Gasteiger partial charge in [-0.25, -0.2) is 15.0 Å². The summed E-state index contributed by atoms with van der Waals surface area (Å²) < 4.78 is 10.5. The molecule has 0 aliphatic carbocycles. The van der Waals surface area contributed by atoms with Crippen LogP contribution in [0.3, 0.4) is 0 Å². The van der Waals surface area contributed by atoms with Crippen LogP contribution in [0.4, 0.5) is 15.3 Å². The van der Waals surface area contributed by atoms with Gasteiger partial charge in [0.1, 0.15) is 11.2 Å². The van der Waals surface area contributed by atoms with Crippen molar-refractivity contribution in [3.8, 4) is 0 Å². The molecule has 0 unspecified atom stereocenters. The SMILES string of the molecule is CC(C)(C)OC(=O)NN(C(=O)OC(C)(C)C)c1ccc(Cl)cc1. The number of rotatable bonds is 1. The molecule has 0 aromatic heterocycles. The number of halogens is 1. The molecular formula is C16H23ClN2O4. The molecular weight excluding hydrogens is 320 g/mol. The third kappa shape index (κ3) is 7.23. The summed E-state index contributed by atoms with van der Waals surface area (Å²) in [7, 11) is 0. The molecule has 1 aromatic rings. The predicted octanol–water partition coefficient (Wildman–Crippen LogP) is 4.52. The van der Waals surface area contributed by atoms with Crippen molar-refractivity contribution in [2.45, 2.75) is 52.7 Å². The van der Waals surface area contributed by atoms with E-state index < -0.39 is 23.4 Å². The normalized spacial score (nSPS) is 11.6. The number of hydrazine groups is 1. The topological polar surface area (TPSA) is 67.9 Å². The minimum absolute atomic E-state index is 0.398. The van der Waals surface area contributed by atoms with Crippen LogP contribution in [0, 0.1) is 0 Å². The van der Waals surface area contributed by atoms with Crippen LogP contribution in [0.2, 0.25) is 5.02 Å². The Kier molecular flexibility index (Phi) is 5.88. The molecule has 0 spiro atoms. The zero-order valence-electron chi connectivity index (χ0n) is 14.3. The molecule has 0 atom stereocenters. The molecule has 1 N–H and O–H groups in total. The first kappa shape index (κ1) is 19.1. The van der Waals surface area contributed by atoms with E-state index in [1.807, 2.05) is 0 Å². The molecule has 0 heterocycles. The molecule has 0 saturated heterocycles. The summed E-state index contributed by atoms with van der Waals surface area (Å²) in [5.74, 6) is 0. The molecule has 2 amide bonds. The van der Waals surface area contributed by atoms with E-state index in [9.17, 15) is 9.59 Å². The van der Waals surface area contributed by atoms with Gasteiger partial charge in [0.05, 0.1) is 5.69 Å². The number of benzene rings is 1. The van der Waals surface area contributed by atoms with Gasteiger partial charge in [-0.1, -0.05) is 11.6 Å². The Morgan fingerprint density at radius 2 is 1.43 bits per heavy atom. The second-order valence-corrected chi connectivity index (χ2v) is 7.34. The molecule has 1 aromatic carbocycles. The number of hydrogen-bond donors (Lipinski definition) is 1. The average molecular weight is 343 g/mol. The summed E-state index contributed by atoms with van der Waals surface area (Å²) in [6.45, 7) is 10.4. The molecule has 23 heavy (non-hydrogen) atoms. The lowest BCUT2D eigenvalue weighted by Gasteiger charge is -2.28. The van der Waals surface area contributed by atoms with Gasteiger partial charge in [0.2, 0.25) is 0 Å². The lowest BCUT2D eigenvalue weighted by molar-refractivity contribution is 0.0425. The van der Waals surface area contributed by atoms with Crippen molar-refractivity contribution in [2.75, 3.05) is 5.01 Å². The van der Waals surface area contributed by atoms with Gasteiger partial charge in [-0.2, -0.15) is 5.01 Å². The third-order valence-corrected chi connectivity index (χ3v) is 2.51. The summed E-state index contributed by atoms with van der Waals surface area (Å²) in [4.78, 5) is 24.3. The molecule has 0 aliphatic rings. The van der Waals surface area contributed by atoms with Crippen LogP contribution < -0.4 is 10.4 Å². The van der Waals surface area contributed by atoms with E-state index in [1.165, 1.54) is 0 Å². The number of carbonyl (C=O) groups is 2. The Balaban J connectivity index is 2.99. The zero-order valence-corrected chi connectivity index (χ0v) is 15.0. The van der Waals surface area contributed by atoms with Gasteiger partial charge in [-0.05, 0) is 65.8 Å². The monoisotopic (exact) mass is 342 g/mol. The number of nitrogens with one attached hydrogen (secondary N) is 1. The first-order valence-corrected chi connectivity index (χ1v) is 7.53. The molecule has 0 aliphatic heterocycles. The third-order valence-electron chi connectivity index (χ3n) is 2.26. The van der Waals surface area contributed by atoms with E-state index in [4.69, 9.17) is 21.1 Å². The molecule has 0 radical (unpaired) electrons. The number of nitrogens with zero attached hydrogens (tertiary/aromatic N) is 1. The Morgan fingerprint density at radius 3 is 1.87 bits per heavy atom. The van der Waals surface area contributed by atoms with Gasteiger partial charge in [0.25, 0.3) is 0 Å². The highest BCUT2D eigenvalue weighted by molar-refractivity contribution is 6.30. The van der Waals surface area contributed by atoms with Crippen molar-refractivity contribution in [1.82, 2.24) is 5.43 Å². The quantitative estimate of drug-likeness (QED) is 0.762. The highest BCUT2D eigenvalue weighted by Crippen LogP contribution is 2.20. The van der Waals surface area contributed by atoms with Crippen LogP contribution in [0.1, 0.15) is 41.5 Å². The lowest BCUT2D eigenvalue weighted by atomic mass is 10.2. The van der Waals surface area contributed by atoms with Crippen LogP contribution in [0.5, 0.6) is 0 Å². The Hall–Kier alpha value is -1.95. The number of hydrogen-bond acceptors (Lipinski definition) is 4. The van der Waals surface area contributed by atoms with Crippen LogP contribution in [0.15, 0.2) is 24.3 Å². The van der Waals surface area contributed by atoms with Crippen LogP contribution in [-0.2, 0) is 9.47 Å². The Labute approximate surface area is 141 Å². The van der Waals surface area contributed by atoms with Crippen molar-refractivity contribution in [3.05, 3.63) is 29.3 Å². The lowest BCUT2D eigenvalue weighted by Crippen LogP contribution is -2.50. The predicted molar refractivity (Wildman–Crippen MR) is 89.5 cm³/mol. The van der Waals surface area contributed by atoms with E-state index in [1.54, 1.807) is 65.8 Å². The van der Waals surface area contributed by atoms with Gasteiger partial charge in [-0.15, -0.1) is 0 Å². The summed E-state index contributed by atoms with van der Waals surface area (Å²) in [6.07, 6.45) is -1.50. The van der Waals surface area contributed by atoms with Crippen molar-refractivity contribution >= 4 is 29.5 Å². The molecule has 0 fully saturated rings. The maximum absolute atomic E-state index is 12.3. The molecule has 6 nitrogen and oxygen atoms in total. The van der Waals surface area contributed by atoms with E-state index in [-0.39, 0.29) is 0 Å². The highest BCUT2D eigenvalue weighted by atomic mass is 35.5. The summed E-state index contributed by atoms with van der Waals surface area (Å²) in [6, 6.07) is 6.38. The molecule has 128 valence electrons. The fourth-order valence-electron chi connectivity index (χ4n) is 1.51. The van der Waals surface area contributed by atoms with E-state index in [2.05, 4.69) is 5.43 Å². The summed E-state index contributed by atoms with van der Waals surface area (Å²) in [5.41, 5.74) is 1.38. The Bertz CT molecular complexity index is 559. The number of ether oxygens (including phenoxy) is 2. The highest BCUT2D eigenvalue weighted by Gasteiger charge is 2.27. The van der Waals surface area contributed by atoms with Gasteiger partial charge in [0, 0.05) is 5.02 Å². The minimum atomic E-state index is -0.765. The van der Waals surface area contributed by atoms with E-state index in [0.717, 1.165) is 5.01 Å². The number of carbonyl (C=O) groups excluding carboxylic acids is 2. The zero-order chi connectivity index (χ0) is 17.8. The summed E-state index contributed by atoms with van der Waals surface area (Å²) in [5, 5.41) is 1.49. The molecule has 1 rings (SSSR count). The largest absolute Gasteiger partial charge is 0.443 e. The standard InChI is InChI=1S/C16H23ClN2O4/c1-15(2,3)22-13(20)18-19(14(21)23-16(4,5)6)12-9-7-11(17)8-10-12/h7-10H,1-6H3,(H,18,20). The van der Waals surface area contributed by atoms with Gasteiger partial charge in [-0.3, -0.25) is 0 Å². The smallest absolute Gasteiger partial charge is 0.434 e. The van der Waals surface area contributed by atoms with E-state index >= 15 is 0 Å². The van der Waals surface area contributed by atoms with Crippen molar-refractivity contribution < 1.29 is 19.1 Å². The maximum Gasteiger partial charge on any atom is 0.434 e. The van der Waals surface area contributed by atoms with Crippen molar-refractivity contribution in [2.24, 2.45) is 0 Å². The molecule has 7 heteroatoms. The van der Waals surface area contributed by atoms with Gasteiger partial charge >= 0.3 is 12.2 Å². The summed E-state index contributed by atoms with van der Waals surface area (Å²) >= 11 is 5.85. The van der Waals surface area contributed by atoms with Gasteiger partial charge in [0.15, 0.2) is 0 Å². The maximum atomic E-state index is 12.3. The number of amides is 2. The average Bonchev–Trinajstić information content (AvgIpc) is 2.33. The second kappa shape index (κ2) is 7.08. The number of anilines is 1. The van der Waals surface area contributed by atoms with Crippen molar-refractivity contribution in [3.63, 3.8) is 0 Å². The Morgan fingerprint density at radius 1 is 0.957 bits per heavy atom. The van der Waals surface area contributed by atoms with Gasteiger partial charge < -0.3 is 9.47 Å².